The molecule has 1 aromatic rings. The molecule has 1 fully saturated rings. The van der Waals surface area contributed by atoms with Gasteiger partial charge in [-0.1, -0.05) is 6.92 Å². The van der Waals surface area contributed by atoms with E-state index < -0.39 is 11.0 Å². The summed E-state index contributed by atoms with van der Waals surface area (Å²) in [4.78, 5) is 23.7. The average Bonchev–Trinajstić information content (AvgIpc) is 2.48. The van der Waals surface area contributed by atoms with E-state index in [0.29, 0.717) is 13.1 Å². The van der Waals surface area contributed by atoms with E-state index in [1.165, 1.54) is 18.2 Å². The third-order valence-electron chi connectivity index (χ3n) is 3.75. The molecule has 2 atom stereocenters. The number of carbonyl (C=O) groups is 1. The lowest BCUT2D eigenvalue weighted by Gasteiger charge is -2.33. The molecule has 112 valence electrons. The van der Waals surface area contributed by atoms with Crippen LogP contribution in [0.1, 0.15) is 18.9 Å². The average molecular weight is 290 g/mol. The molecule has 0 spiro atoms. The molecule has 1 saturated heterocycles. The normalized spacial score (nSPS) is 22.5. The van der Waals surface area contributed by atoms with Gasteiger partial charge in [0.05, 0.1) is 11.0 Å². The van der Waals surface area contributed by atoms with Gasteiger partial charge in [-0.15, -0.1) is 0 Å². The zero-order valence-electron chi connectivity index (χ0n) is 11.8. The van der Waals surface area contributed by atoms with Crippen molar-refractivity contribution in [3.8, 4) is 0 Å². The molecule has 6 heteroatoms. The maximum atomic E-state index is 12.0. The molecule has 1 aliphatic rings. The van der Waals surface area contributed by atoms with Gasteiger partial charge in [-0.3, -0.25) is 14.9 Å². The van der Waals surface area contributed by atoms with Crippen LogP contribution < -0.4 is 0 Å². The van der Waals surface area contributed by atoms with Crippen LogP contribution in [0, 0.1) is 16.0 Å². The summed E-state index contributed by atoms with van der Waals surface area (Å²) in [5.41, 5.74) is 0.742. The van der Waals surface area contributed by atoms with E-state index in [0.717, 1.165) is 12.0 Å². The van der Waals surface area contributed by atoms with E-state index in [1.807, 2.05) is 6.92 Å². The number of carbonyl (C=O) groups excluding carboxylic acids is 1. The summed E-state index contributed by atoms with van der Waals surface area (Å²) in [7, 11) is 0. The second-order valence-corrected chi connectivity index (χ2v) is 5.30. The molecule has 2 unspecified atom stereocenters. The number of amides is 1. The standard InChI is InChI=1S/C15H18N2O4/c1-11-8-9-16(10-14(11)18)15(19)7-4-12-2-5-13(6-3-12)17(20)21/h2-7,11,14,18H,8-10H2,1H3/b7-4+. The summed E-state index contributed by atoms with van der Waals surface area (Å²) in [5, 5.41) is 20.3. The van der Waals surface area contributed by atoms with E-state index in [2.05, 4.69) is 0 Å². The number of nitro benzene ring substituents is 1. The van der Waals surface area contributed by atoms with Gasteiger partial charge in [0.2, 0.25) is 5.91 Å². The number of aliphatic hydroxyl groups excluding tert-OH is 1. The zero-order valence-corrected chi connectivity index (χ0v) is 11.8. The number of β-amino-alcohol motifs (C(OH)–C–C–N with tert-alkyl or cyclic N) is 1. The van der Waals surface area contributed by atoms with Crippen LogP contribution in [0.2, 0.25) is 0 Å². The van der Waals surface area contributed by atoms with Crippen LogP contribution in [0.25, 0.3) is 6.08 Å². The maximum absolute atomic E-state index is 12.0. The minimum atomic E-state index is -0.476. The number of aliphatic hydroxyl groups is 1. The Bertz CT molecular complexity index is 553. The molecule has 0 aliphatic carbocycles. The third-order valence-corrected chi connectivity index (χ3v) is 3.75. The van der Waals surface area contributed by atoms with E-state index in [1.54, 1.807) is 23.1 Å². The minimum absolute atomic E-state index is 0.0200. The first-order chi connectivity index (χ1) is 9.97. The summed E-state index contributed by atoms with van der Waals surface area (Å²) < 4.78 is 0. The van der Waals surface area contributed by atoms with E-state index in [4.69, 9.17) is 0 Å². The number of non-ortho nitro benzene ring substituents is 1. The Hall–Kier alpha value is -2.21. The number of rotatable bonds is 3. The highest BCUT2D eigenvalue weighted by atomic mass is 16.6. The van der Waals surface area contributed by atoms with Crippen LogP contribution in [-0.2, 0) is 4.79 Å². The van der Waals surface area contributed by atoms with Crippen LogP contribution in [-0.4, -0.2) is 40.0 Å². The Labute approximate surface area is 122 Å². The fourth-order valence-corrected chi connectivity index (χ4v) is 2.23. The maximum Gasteiger partial charge on any atom is 0.269 e. The molecule has 21 heavy (non-hydrogen) atoms. The molecule has 0 bridgehead atoms. The molecule has 0 saturated carbocycles. The van der Waals surface area contributed by atoms with Crippen LogP contribution in [0.5, 0.6) is 0 Å². The van der Waals surface area contributed by atoms with Gasteiger partial charge < -0.3 is 10.0 Å². The monoisotopic (exact) mass is 290 g/mol. The number of likely N-dealkylation sites (tertiary alicyclic amines) is 1. The van der Waals surface area contributed by atoms with E-state index >= 15 is 0 Å². The van der Waals surface area contributed by atoms with Crippen molar-refractivity contribution in [3.63, 3.8) is 0 Å². The molecule has 2 rings (SSSR count). The Balaban J connectivity index is 1.97. The summed E-state index contributed by atoms with van der Waals surface area (Å²) in [6, 6.07) is 5.98. The molecule has 1 aromatic carbocycles. The SMILES string of the molecule is CC1CCN(C(=O)/C=C/c2ccc([N+](=O)[O-])cc2)CC1O. The Morgan fingerprint density at radius 2 is 2.10 bits per heavy atom. The van der Waals surface area contributed by atoms with Crippen molar-refractivity contribution in [2.45, 2.75) is 19.4 Å². The number of hydrogen-bond donors (Lipinski definition) is 1. The quantitative estimate of drug-likeness (QED) is 0.523. The van der Waals surface area contributed by atoms with Crippen molar-refractivity contribution in [3.05, 3.63) is 46.0 Å². The predicted octanol–water partition coefficient (Wildman–Crippen LogP) is 1.84. The molecule has 6 nitrogen and oxygen atoms in total. The van der Waals surface area contributed by atoms with Gasteiger partial charge in [-0.2, -0.15) is 0 Å². The van der Waals surface area contributed by atoms with Gasteiger partial charge in [0, 0.05) is 31.3 Å². The van der Waals surface area contributed by atoms with Crippen LogP contribution in [0.3, 0.4) is 0 Å². The summed E-state index contributed by atoms with van der Waals surface area (Å²) in [5.74, 6) is 0.0620. The molecular formula is C15H18N2O4. The Morgan fingerprint density at radius 1 is 1.43 bits per heavy atom. The topological polar surface area (TPSA) is 83.7 Å². The van der Waals surface area contributed by atoms with Gasteiger partial charge in [0.1, 0.15) is 0 Å². The van der Waals surface area contributed by atoms with Crippen LogP contribution in [0.4, 0.5) is 5.69 Å². The lowest BCUT2D eigenvalue weighted by Crippen LogP contribution is -2.45. The number of piperidine rings is 1. The molecule has 1 aliphatic heterocycles. The predicted molar refractivity (Wildman–Crippen MR) is 78.5 cm³/mol. The molecule has 1 amide bonds. The third kappa shape index (κ3) is 3.88. The van der Waals surface area contributed by atoms with Gasteiger partial charge in [0.25, 0.3) is 5.69 Å². The van der Waals surface area contributed by atoms with Crippen molar-refractivity contribution in [1.29, 1.82) is 0 Å². The number of benzene rings is 1. The van der Waals surface area contributed by atoms with Crippen molar-refractivity contribution < 1.29 is 14.8 Å². The summed E-state index contributed by atoms with van der Waals surface area (Å²) in [6.07, 6.45) is 3.37. The minimum Gasteiger partial charge on any atom is -0.391 e. The van der Waals surface area contributed by atoms with Crippen molar-refractivity contribution >= 4 is 17.7 Å². The Kier molecular flexibility index (Phi) is 4.70. The van der Waals surface area contributed by atoms with Gasteiger partial charge in [0.15, 0.2) is 0 Å². The highest BCUT2D eigenvalue weighted by Crippen LogP contribution is 2.18. The zero-order chi connectivity index (χ0) is 15.4. The summed E-state index contributed by atoms with van der Waals surface area (Å²) >= 11 is 0. The first-order valence-electron chi connectivity index (χ1n) is 6.87. The highest BCUT2D eigenvalue weighted by molar-refractivity contribution is 5.91. The van der Waals surface area contributed by atoms with Gasteiger partial charge >= 0.3 is 0 Å². The van der Waals surface area contributed by atoms with E-state index in [-0.39, 0.29) is 17.5 Å². The van der Waals surface area contributed by atoms with E-state index in [9.17, 15) is 20.0 Å². The lowest BCUT2D eigenvalue weighted by atomic mass is 9.96. The smallest absolute Gasteiger partial charge is 0.269 e. The van der Waals surface area contributed by atoms with Crippen molar-refractivity contribution in [2.75, 3.05) is 13.1 Å². The lowest BCUT2D eigenvalue weighted by molar-refractivity contribution is -0.384. The van der Waals surface area contributed by atoms with Crippen LogP contribution >= 0.6 is 0 Å². The number of hydrogen-bond acceptors (Lipinski definition) is 4. The fraction of sp³-hybridized carbons (Fsp3) is 0.400. The second kappa shape index (κ2) is 6.49. The molecule has 0 radical (unpaired) electrons. The summed E-state index contributed by atoms with van der Waals surface area (Å²) in [6.45, 7) is 2.96. The van der Waals surface area contributed by atoms with Crippen molar-refractivity contribution in [1.82, 2.24) is 4.90 Å². The first-order valence-corrected chi connectivity index (χ1v) is 6.87. The van der Waals surface area contributed by atoms with Gasteiger partial charge in [-0.05, 0) is 36.1 Å². The molecular weight excluding hydrogens is 272 g/mol. The molecule has 0 aromatic heterocycles. The second-order valence-electron chi connectivity index (χ2n) is 5.30. The first kappa shape index (κ1) is 15.2. The highest BCUT2D eigenvalue weighted by Gasteiger charge is 2.26. The van der Waals surface area contributed by atoms with Gasteiger partial charge in [-0.25, -0.2) is 0 Å². The molecule has 1 heterocycles. The van der Waals surface area contributed by atoms with Crippen molar-refractivity contribution in [2.24, 2.45) is 5.92 Å². The fourth-order valence-electron chi connectivity index (χ4n) is 2.23. The number of nitro groups is 1. The Morgan fingerprint density at radius 3 is 2.67 bits per heavy atom. The largest absolute Gasteiger partial charge is 0.391 e. The number of nitrogens with zero attached hydrogens (tertiary/aromatic N) is 2. The molecule has 1 N–H and O–H groups in total. The van der Waals surface area contributed by atoms with Crippen LogP contribution in [0.15, 0.2) is 30.3 Å².